The molecule has 1 saturated carbocycles. The van der Waals surface area contributed by atoms with Crippen molar-refractivity contribution in [3.05, 3.63) is 53.8 Å². The van der Waals surface area contributed by atoms with Crippen LogP contribution in [0.4, 0.5) is 10.1 Å². The molecule has 124 valence electrons. The van der Waals surface area contributed by atoms with Gasteiger partial charge in [-0.3, -0.25) is 9.59 Å². The summed E-state index contributed by atoms with van der Waals surface area (Å²) >= 11 is 0. The zero-order valence-electron chi connectivity index (χ0n) is 13.6. The molecule has 3 nitrogen and oxygen atoms in total. The van der Waals surface area contributed by atoms with Gasteiger partial charge in [0.05, 0.1) is 5.69 Å². The SMILES string of the molecule is C[C@@H]1CCC[C@H]1C(=O)c1ccc(-c2ccc(NC=O)c(F)c2)cc1. The fraction of sp³-hybridized carbons (Fsp3) is 0.300. The topological polar surface area (TPSA) is 46.2 Å². The van der Waals surface area contributed by atoms with Crippen LogP contribution in [0, 0.1) is 17.7 Å². The Morgan fingerprint density at radius 3 is 2.42 bits per heavy atom. The summed E-state index contributed by atoms with van der Waals surface area (Å²) in [6.45, 7) is 2.14. The average Bonchev–Trinajstić information content (AvgIpc) is 3.02. The van der Waals surface area contributed by atoms with Crippen molar-refractivity contribution >= 4 is 17.9 Å². The number of carbonyl (C=O) groups is 2. The van der Waals surface area contributed by atoms with Gasteiger partial charge in [-0.25, -0.2) is 4.39 Å². The third-order valence-electron chi connectivity index (χ3n) is 4.88. The molecule has 3 rings (SSSR count). The van der Waals surface area contributed by atoms with Crippen LogP contribution in [0.1, 0.15) is 36.5 Å². The van der Waals surface area contributed by atoms with Crippen molar-refractivity contribution in [1.29, 1.82) is 0 Å². The smallest absolute Gasteiger partial charge is 0.211 e. The molecule has 0 aliphatic heterocycles. The lowest BCUT2D eigenvalue weighted by Gasteiger charge is -2.14. The summed E-state index contributed by atoms with van der Waals surface area (Å²) in [4.78, 5) is 23.0. The summed E-state index contributed by atoms with van der Waals surface area (Å²) in [7, 11) is 0. The molecule has 4 heteroatoms. The number of anilines is 1. The summed E-state index contributed by atoms with van der Waals surface area (Å²) in [5, 5.41) is 2.31. The maximum absolute atomic E-state index is 13.9. The Balaban J connectivity index is 1.80. The maximum Gasteiger partial charge on any atom is 0.211 e. The fourth-order valence-corrected chi connectivity index (χ4v) is 3.45. The Morgan fingerprint density at radius 1 is 1.12 bits per heavy atom. The lowest BCUT2D eigenvalue weighted by molar-refractivity contribution is -0.105. The van der Waals surface area contributed by atoms with Gasteiger partial charge in [-0.2, -0.15) is 0 Å². The van der Waals surface area contributed by atoms with E-state index in [9.17, 15) is 14.0 Å². The summed E-state index contributed by atoms with van der Waals surface area (Å²) in [5.41, 5.74) is 2.41. The summed E-state index contributed by atoms with van der Waals surface area (Å²) in [6, 6.07) is 12.0. The molecular weight excluding hydrogens is 305 g/mol. The zero-order chi connectivity index (χ0) is 17.1. The number of hydrogen-bond acceptors (Lipinski definition) is 2. The third kappa shape index (κ3) is 3.23. The molecule has 0 saturated heterocycles. The van der Waals surface area contributed by atoms with Gasteiger partial charge in [0.2, 0.25) is 6.41 Å². The fourth-order valence-electron chi connectivity index (χ4n) is 3.45. The van der Waals surface area contributed by atoms with Crippen LogP contribution in [0.3, 0.4) is 0 Å². The van der Waals surface area contributed by atoms with Crippen LogP contribution in [0.2, 0.25) is 0 Å². The molecule has 2 aromatic rings. The molecule has 2 aromatic carbocycles. The van der Waals surface area contributed by atoms with Gasteiger partial charge in [-0.05, 0) is 42.0 Å². The van der Waals surface area contributed by atoms with E-state index in [2.05, 4.69) is 12.2 Å². The first-order valence-corrected chi connectivity index (χ1v) is 8.24. The quantitative estimate of drug-likeness (QED) is 0.641. The number of rotatable bonds is 5. The minimum Gasteiger partial charge on any atom is -0.326 e. The summed E-state index contributed by atoms with van der Waals surface area (Å²) in [5.74, 6) is 0.300. The highest BCUT2D eigenvalue weighted by atomic mass is 19.1. The lowest BCUT2D eigenvalue weighted by Crippen LogP contribution is -2.17. The van der Waals surface area contributed by atoms with E-state index in [1.807, 2.05) is 24.3 Å². The monoisotopic (exact) mass is 325 g/mol. The van der Waals surface area contributed by atoms with Gasteiger partial charge in [0, 0.05) is 11.5 Å². The van der Waals surface area contributed by atoms with Crippen LogP contribution in [-0.4, -0.2) is 12.2 Å². The molecule has 0 spiro atoms. The Kier molecular flexibility index (Phi) is 4.74. The maximum atomic E-state index is 13.9. The standard InChI is InChI=1S/C20H20FNO2/c1-13-3-2-4-17(13)20(24)15-7-5-14(6-8-15)16-9-10-19(22-12-23)18(21)11-16/h5-13,17H,2-4H2,1H3,(H,22,23)/t13-,17-/m1/s1. The van der Waals surface area contributed by atoms with E-state index in [0.29, 0.717) is 17.9 Å². The first-order chi connectivity index (χ1) is 11.6. The van der Waals surface area contributed by atoms with E-state index in [1.54, 1.807) is 6.07 Å². The third-order valence-corrected chi connectivity index (χ3v) is 4.88. The normalized spacial score (nSPS) is 19.9. The van der Waals surface area contributed by atoms with Crippen LogP contribution >= 0.6 is 0 Å². The van der Waals surface area contributed by atoms with Crippen molar-refractivity contribution in [3.8, 4) is 11.1 Å². The molecule has 1 N–H and O–H groups in total. The Hall–Kier alpha value is -2.49. The predicted molar refractivity (Wildman–Crippen MR) is 92.4 cm³/mol. The number of amides is 1. The molecule has 0 aromatic heterocycles. The molecule has 1 amide bonds. The molecule has 0 heterocycles. The minimum atomic E-state index is -0.487. The number of Topliss-reactive ketones (excluding diaryl/α,β-unsaturated/α-hetero) is 1. The molecule has 1 fully saturated rings. The van der Waals surface area contributed by atoms with E-state index in [-0.39, 0.29) is 17.4 Å². The lowest BCUT2D eigenvalue weighted by atomic mass is 9.89. The molecule has 0 bridgehead atoms. The van der Waals surface area contributed by atoms with Crippen molar-refractivity contribution in [1.82, 2.24) is 0 Å². The van der Waals surface area contributed by atoms with Crippen LogP contribution in [0.25, 0.3) is 11.1 Å². The van der Waals surface area contributed by atoms with E-state index in [4.69, 9.17) is 0 Å². The van der Waals surface area contributed by atoms with E-state index in [1.165, 1.54) is 12.1 Å². The highest BCUT2D eigenvalue weighted by Crippen LogP contribution is 2.34. The molecule has 1 aliphatic carbocycles. The Morgan fingerprint density at radius 2 is 1.83 bits per heavy atom. The van der Waals surface area contributed by atoms with Gasteiger partial charge in [0.25, 0.3) is 0 Å². The first-order valence-electron chi connectivity index (χ1n) is 8.24. The largest absolute Gasteiger partial charge is 0.326 e. The second-order valence-electron chi connectivity index (χ2n) is 6.41. The molecule has 2 atom stereocenters. The number of hydrogen-bond donors (Lipinski definition) is 1. The number of ketones is 1. The van der Waals surface area contributed by atoms with Crippen molar-refractivity contribution < 1.29 is 14.0 Å². The predicted octanol–water partition coefficient (Wildman–Crippen LogP) is 4.68. The van der Waals surface area contributed by atoms with Gasteiger partial charge in [0.15, 0.2) is 5.78 Å². The van der Waals surface area contributed by atoms with Gasteiger partial charge >= 0.3 is 0 Å². The van der Waals surface area contributed by atoms with E-state index < -0.39 is 5.82 Å². The Labute approximate surface area is 140 Å². The van der Waals surface area contributed by atoms with Crippen molar-refractivity contribution in [2.24, 2.45) is 11.8 Å². The second kappa shape index (κ2) is 6.95. The van der Waals surface area contributed by atoms with Gasteiger partial charge in [0.1, 0.15) is 5.82 Å². The average molecular weight is 325 g/mol. The number of halogens is 1. The van der Waals surface area contributed by atoms with Crippen molar-refractivity contribution in [2.75, 3.05) is 5.32 Å². The molecule has 24 heavy (non-hydrogen) atoms. The number of carbonyl (C=O) groups excluding carboxylic acids is 2. The minimum absolute atomic E-state index is 0.127. The van der Waals surface area contributed by atoms with Gasteiger partial charge < -0.3 is 5.32 Å². The number of benzene rings is 2. The van der Waals surface area contributed by atoms with Crippen LogP contribution in [0.15, 0.2) is 42.5 Å². The van der Waals surface area contributed by atoms with Crippen molar-refractivity contribution in [3.63, 3.8) is 0 Å². The van der Waals surface area contributed by atoms with Gasteiger partial charge in [-0.15, -0.1) is 0 Å². The number of nitrogens with one attached hydrogen (secondary N) is 1. The molecular formula is C20H20FNO2. The highest BCUT2D eigenvalue weighted by molar-refractivity contribution is 5.98. The van der Waals surface area contributed by atoms with Crippen molar-refractivity contribution in [2.45, 2.75) is 26.2 Å². The molecule has 1 aliphatic rings. The zero-order valence-corrected chi connectivity index (χ0v) is 13.6. The second-order valence-corrected chi connectivity index (χ2v) is 6.41. The van der Waals surface area contributed by atoms with Gasteiger partial charge in [-0.1, -0.05) is 43.7 Å². The summed E-state index contributed by atoms with van der Waals surface area (Å²) in [6.07, 6.45) is 3.66. The van der Waals surface area contributed by atoms with E-state index >= 15 is 0 Å². The molecule has 0 unspecified atom stereocenters. The van der Waals surface area contributed by atoms with Crippen LogP contribution < -0.4 is 5.32 Å². The first kappa shape index (κ1) is 16.4. The summed E-state index contributed by atoms with van der Waals surface area (Å²) < 4.78 is 13.9. The van der Waals surface area contributed by atoms with Crippen LogP contribution in [0.5, 0.6) is 0 Å². The Bertz CT molecular complexity index is 755. The molecule has 0 radical (unpaired) electrons. The van der Waals surface area contributed by atoms with E-state index in [0.717, 1.165) is 30.4 Å². The highest BCUT2D eigenvalue weighted by Gasteiger charge is 2.30. The van der Waals surface area contributed by atoms with Crippen LogP contribution in [-0.2, 0) is 4.79 Å².